The maximum absolute atomic E-state index is 13.2. The molecule has 1 fully saturated rings. The van der Waals surface area contributed by atoms with Crippen LogP contribution in [0.2, 0.25) is 5.02 Å². The van der Waals surface area contributed by atoms with Crippen molar-refractivity contribution in [3.8, 4) is 17.0 Å². The van der Waals surface area contributed by atoms with Crippen LogP contribution in [0.15, 0.2) is 36.8 Å². The van der Waals surface area contributed by atoms with E-state index < -0.39 is 17.5 Å². The molecule has 4 aromatic heterocycles. The summed E-state index contributed by atoms with van der Waals surface area (Å²) < 4.78 is 28.2. The van der Waals surface area contributed by atoms with Gasteiger partial charge in [0.1, 0.15) is 41.1 Å². The molecular weight excluding hydrogens is 541 g/mol. The summed E-state index contributed by atoms with van der Waals surface area (Å²) in [6, 6.07) is 4.49. The molecule has 0 spiro atoms. The molecule has 11 nitrogen and oxygen atoms in total. The number of hydrogen-bond donors (Lipinski definition) is 1. The largest absolute Gasteiger partial charge is 0.488 e. The SMILES string of the molecule is Cc1c(-c2cc(OCC(O)c3ccc(F)cn3)c3c(Cl)cnn3c2)nnn1C1CCN(C(=O)OC(C)(C)C)CC1. The van der Waals surface area contributed by atoms with Crippen LogP contribution < -0.4 is 4.74 Å². The van der Waals surface area contributed by atoms with E-state index in [9.17, 15) is 14.3 Å². The Morgan fingerprint density at radius 2 is 2.00 bits per heavy atom. The number of hydrogen-bond acceptors (Lipinski definition) is 8. The van der Waals surface area contributed by atoms with Gasteiger partial charge in [-0.05, 0) is 58.7 Å². The van der Waals surface area contributed by atoms with Gasteiger partial charge in [0.05, 0.1) is 34.8 Å². The number of piperidine rings is 1. The van der Waals surface area contributed by atoms with Gasteiger partial charge in [0.25, 0.3) is 0 Å². The van der Waals surface area contributed by atoms with E-state index in [1.54, 1.807) is 21.7 Å². The van der Waals surface area contributed by atoms with Gasteiger partial charge in [-0.3, -0.25) is 4.98 Å². The Morgan fingerprint density at radius 3 is 2.67 bits per heavy atom. The molecule has 1 aliphatic heterocycles. The first-order valence-electron chi connectivity index (χ1n) is 13.0. The van der Waals surface area contributed by atoms with Crippen molar-refractivity contribution in [1.82, 2.24) is 34.5 Å². The zero-order valence-corrected chi connectivity index (χ0v) is 23.5. The summed E-state index contributed by atoms with van der Waals surface area (Å²) in [5, 5.41) is 24.1. The average molecular weight is 572 g/mol. The topological polar surface area (TPSA) is 120 Å². The summed E-state index contributed by atoms with van der Waals surface area (Å²) >= 11 is 6.38. The molecule has 212 valence electrons. The van der Waals surface area contributed by atoms with Gasteiger partial charge in [-0.1, -0.05) is 16.8 Å². The Kier molecular flexibility index (Phi) is 7.65. The Labute approximate surface area is 235 Å². The third-order valence-corrected chi connectivity index (χ3v) is 6.96. The lowest BCUT2D eigenvalue weighted by Gasteiger charge is -2.33. The minimum atomic E-state index is -1.08. The van der Waals surface area contributed by atoms with Crippen molar-refractivity contribution in [2.75, 3.05) is 19.7 Å². The Balaban J connectivity index is 1.34. The fraction of sp³-hybridized carbons (Fsp3) is 0.444. The maximum atomic E-state index is 13.2. The quantitative estimate of drug-likeness (QED) is 0.351. The predicted octanol–water partition coefficient (Wildman–Crippen LogP) is 4.77. The zero-order chi connectivity index (χ0) is 28.6. The molecule has 0 aromatic carbocycles. The standard InChI is InChI=1S/C27H31ClFN7O4/c1-16-24(32-33-36(16)19-7-9-34(10-8-19)26(38)40-27(2,3)4)17-11-23(25-20(28)13-31-35(25)14-17)39-15-22(37)21-6-5-18(29)12-30-21/h5-6,11-14,19,22,37H,7-10,15H2,1-4H3. The van der Waals surface area contributed by atoms with Crippen LogP contribution in [0.1, 0.15) is 57.1 Å². The van der Waals surface area contributed by atoms with Crippen LogP contribution in [0.5, 0.6) is 5.75 Å². The Bertz CT molecular complexity index is 1510. The van der Waals surface area contributed by atoms with Gasteiger partial charge in [0, 0.05) is 24.8 Å². The monoisotopic (exact) mass is 571 g/mol. The minimum absolute atomic E-state index is 0.0805. The third kappa shape index (κ3) is 5.87. The molecule has 1 amide bonds. The molecule has 40 heavy (non-hydrogen) atoms. The van der Waals surface area contributed by atoms with Crippen molar-refractivity contribution < 1.29 is 23.8 Å². The van der Waals surface area contributed by atoms with Crippen LogP contribution in [0, 0.1) is 12.7 Å². The van der Waals surface area contributed by atoms with Crippen LogP contribution in [0.25, 0.3) is 16.8 Å². The van der Waals surface area contributed by atoms with Crippen LogP contribution in [-0.2, 0) is 4.74 Å². The van der Waals surface area contributed by atoms with Crippen molar-refractivity contribution in [2.24, 2.45) is 0 Å². The molecule has 5 rings (SSSR count). The molecule has 1 N–H and O–H groups in total. The molecule has 1 saturated heterocycles. The first-order valence-corrected chi connectivity index (χ1v) is 13.4. The maximum Gasteiger partial charge on any atom is 0.410 e. The number of aliphatic hydroxyl groups excluding tert-OH is 1. The second-order valence-electron chi connectivity index (χ2n) is 10.8. The average Bonchev–Trinajstić information content (AvgIpc) is 3.49. The van der Waals surface area contributed by atoms with Crippen molar-refractivity contribution in [3.05, 3.63) is 59.0 Å². The van der Waals surface area contributed by atoms with Gasteiger partial charge < -0.3 is 19.5 Å². The van der Waals surface area contributed by atoms with Crippen LogP contribution in [-0.4, -0.2) is 71.0 Å². The highest BCUT2D eigenvalue weighted by Gasteiger charge is 2.29. The molecule has 5 heterocycles. The van der Waals surface area contributed by atoms with E-state index in [1.807, 2.05) is 32.4 Å². The van der Waals surface area contributed by atoms with Gasteiger partial charge >= 0.3 is 6.09 Å². The summed E-state index contributed by atoms with van der Waals surface area (Å²) in [5.41, 5.74) is 2.48. The van der Waals surface area contributed by atoms with Crippen molar-refractivity contribution in [1.29, 1.82) is 0 Å². The lowest BCUT2D eigenvalue weighted by molar-refractivity contribution is 0.0183. The Morgan fingerprint density at radius 1 is 1.25 bits per heavy atom. The third-order valence-electron chi connectivity index (χ3n) is 6.68. The van der Waals surface area contributed by atoms with Crippen molar-refractivity contribution >= 4 is 23.2 Å². The highest BCUT2D eigenvalue weighted by atomic mass is 35.5. The number of amides is 1. The first kappa shape index (κ1) is 27.8. The lowest BCUT2D eigenvalue weighted by Crippen LogP contribution is -2.42. The molecule has 1 atom stereocenters. The number of carbonyl (C=O) groups is 1. The second kappa shape index (κ2) is 11.0. The van der Waals surface area contributed by atoms with Gasteiger partial charge in [-0.25, -0.2) is 18.4 Å². The number of pyridine rings is 2. The fourth-order valence-corrected chi connectivity index (χ4v) is 4.92. The fourth-order valence-electron chi connectivity index (χ4n) is 4.70. The number of nitrogens with zero attached hydrogens (tertiary/aromatic N) is 7. The number of ether oxygens (including phenoxy) is 2. The Hall–Kier alpha value is -3.77. The number of aliphatic hydroxyl groups is 1. The molecule has 4 aromatic rings. The minimum Gasteiger partial charge on any atom is -0.488 e. The number of rotatable bonds is 6. The van der Waals surface area contributed by atoms with E-state index in [4.69, 9.17) is 21.1 Å². The number of halogens is 2. The van der Waals surface area contributed by atoms with E-state index in [0.29, 0.717) is 40.6 Å². The van der Waals surface area contributed by atoms with Gasteiger partial charge in [-0.2, -0.15) is 5.10 Å². The second-order valence-corrected chi connectivity index (χ2v) is 11.2. The predicted molar refractivity (Wildman–Crippen MR) is 145 cm³/mol. The molecule has 0 saturated carbocycles. The summed E-state index contributed by atoms with van der Waals surface area (Å²) in [6.45, 7) is 8.50. The number of carbonyl (C=O) groups excluding carboxylic acids is 1. The highest BCUT2D eigenvalue weighted by molar-refractivity contribution is 6.34. The molecule has 0 bridgehead atoms. The molecule has 0 aliphatic carbocycles. The smallest absolute Gasteiger partial charge is 0.410 e. The zero-order valence-electron chi connectivity index (χ0n) is 22.7. The summed E-state index contributed by atoms with van der Waals surface area (Å²) in [6.07, 6.45) is 4.40. The van der Waals surface area contributed by atoms with E-state index in [-0.39, 0.29) is 24.4 Å². The van der Waals surface area contributed by atoms with Crippen molar-refractivity contribution in [3.63, 3.8) is 0 Å². The van der Waals surface area contributed by atoms with Gasteiger partial charge in [-0.15, -0.1) is 5.10 Å². The summed E-state index contributed by atoms with van der Waals surface area (Å²) in [5.74, 6) is -0.102. The van der Waals surface area contributed by atoms with Crippen LogP contribution in [0.4, 0.5) is 9.18 Å². The molecule has 13 heteroatoms. The molecule has 1 aliphatic rings. The van der Waals surface area contributed by atoms with Gasteiger partial charge in [0.2, 0.25) is 0 Å². The van der Waals surface area contributed by atoms with Crippen molar-refractivity contribution in [2.45, 2.75) is 58.3 Å². The first-order chi connectivity index (χ1) is 19.0. The van der Waals surface area contributed by atoms with Gasteiger partial charge in [0.15, 0.2) is 0 Å². The number of fused-ring (bicyclic) bond motifs is 1. The normalized spacial score (nSPS) is 15.4. The molecular formula is C27H31ClFN7O4. The highest BCUT2D eigenvalue weighted by Crippen LogP contribution is 2.34. The van der Waals surface area contributed by atoms with Crippen LogP contribution >= 0.6 is 11.6 Å². The summed E-state index contributed by atoms with van der Waals surface area (Å²) in [7, 11) is 0. The van der Waals surface area contributed by atoms with E-state index in [1.165, 1.54) is 18.3 Å². The van der Waals surface area contributed by atoms with E-state index >= 15 is 0 Å². The van der Waals surface area contributed by atoms with E-state index in [2.05, 4.69) is 20.4 Å². The molecule has 1 unspecified atom stereocenters. The van der Waals surface area contributed by atoms with Crippen LogP contribution in [0.3, 0.4) is 0 Å². The lowest BCUT2D eigenvalue weighted by atomic mass is 10.0. The number of likely N-dealkylation sites (tertiary alicyclic amines) is 1. The number of aromatic nitrogens is 6. The molecule has 0 radical (unpaired) electrons. The van der Waals surface area contributed by atoms with E-state index in [0.717, 1.165) is 24.7 Å². The summed E-state index contributed by atoms with van der Waals surface area (Å²) in [4.78, 5) is 18.1.